The molecule has 2 aromatic carbocycles. The minimum Gasteiger partial charge on any atom is -0.356 e. The molecule has 27 heavy (non-hydrogen) atoms. The van der Waals surface area contributed by atoms with Crippen molar-refractivity contribution >= 4 is 35.8 Å². The first-order valence-corrected chi connectivity index (χ1v) is 8.54. The van der Waals surface area contributed by atoms with Crippen LogP contribution >= 0.6 is 24.0 Å². The number of nitrogens with one attached hydrogen (secondary N) is 3. The molecule has 7 heteroatoms. The van der Waals surface area contributed by atoms with Gasteiger partial charge in [0.25, 0.3) is 5.91 Å². The largest absolute Gasteiger partial charge is 0.356 e. The molecule has 0 aliphatic heterocycles. The topological polar surface area (TPSA) is 65.5 Å². The molecule has 0 saturated carbocycles. The summed E-state index contributed by atoms with van der Waals surface area (Å²) in [5, 5.41) is 9.09. The smallest absolute Gasteiger partial charge is 0.251 e. The highest BCUT2D eigenvalue weighted by atomic mass is 127. The van der Waals surface area contributed by atoms with Crippen molar-refractivity contribution in [2.75, 3.05) is 20.6 Å². The van der Waals surface area contributed by atoms with Crippen LogP contribution in [0.2, 0.25) is 0 Å². The Morgan fingerprint density at radius 3 is 2.41 bits per heavy atom. The molecule has 146 valence electrons. The van der Waals surface area contributed by atoms with E-state index < -0.39 is 0 Å². The average molecular weight is 484 g/mol. The first kappa shape index (κ1) is 22.9. The van der Waals surface area contributed by atoms with E-state index in [9.17, 15) is 9.18 Å². The van der Waals surface area contributed by atoms with Gasteiger partial charge in [-0.05, 0) is 54.3 Å². The highest BCUT2D eigenvalue weighted by molar-refractivity contribution is 14.0. The highest BCUT2D eigenvalue weighted by Gasteiger charge is 2.04. The van der Waals surface area contributed by atoms with Crippen molar-refractivity contribution in [3.05, 3.63) is 70.5 Å². The number of rotatable bonds is 6. The molecule has 1 amide bonds. The van der Waals surface area contributed by atoms with Gasteiger partial charge >= 0.3 is 0 Å². The van der Waals surface area contributed by atoms with Gasteiger partial charge in [0.15, 0.2) is 5.96 Å². The Morgan fingerprint density at radius 2 is 1.81 bits per heavy atom. The van der Waals surface area contributed by atoms with Gasteiger partial charge in [0.2, 0.25) is 0 Å². The van der Waals surface area contributed by atoms with Crippen molar-refractivity contribution in [3.8, 4) is 0 Å². The summed E-state index contributed by atoms with van der Waals surface area (Å²) in [5.41, 5.74) is 3.74. The predicted molar refractivity (Wildman–Crippen MR) is 118 cm³/mol. The molecule has 2 rings (SSSR count). The van der Waals surface area contributed by atoms with Crippen molar-refractivity contribution in [2.45, 2.75) is 19.9 Å². The molecular formula is C20H26FIN4O. The van der Waals surface area contributed by atoms with Crippen molar-refractivity contribution in [2.24, 2.45) is 4.99 Å². The zero-order valence-electron chi connectivity index (χ0n) is 15.8. The van der Waals surface area contributed by atoms with Gasteiger partial charge in [-0.3, -0.25) is 9.79 Å². The standard InChI is InChI=1S/C20H25FN4O.HI/c1-14-12-18(21)9-8-16(14)10-11-24-20(23-3)25-13-15-4-6-17(7-5-15)19(26)22-2;/h4-9,12H,10-11,13H2,1-3H3,(H,22,26)(H2,23,24,25);1H. The normalized spacial score (nSPS) is 10.7. The third-order valence-electron chi connectivity index (χ3n) is 4.12. The molecule has 0 aliphatic carbocycles. The van der Waals surface area contributed by atoms with Crippen LogP contribution in [-0.2, 0) is 13.0 Å². The van der Waals surface area contributed by atoms with Crippen LogP contribution in [0.3, 0.4) is 0 Å². The number of aryl methyl sites for hydroxylation is 1. The lowest BCUT2D eigenvalue weighted by Gasteiger charge is -2.13. The van der Waals surface area contributed by atoms with E-state index in [4.69, 9.17) is 0 Å². The second kappa shape index (κ2) is 11.5. The van der Waals surface area contributed by atoms with Crippen molar-refractivity contribution in [1.29, 1.82) is 0 Å². The number of benzene rings is 2. The van der Waals surface area contributed by atoms with Gasteiger partial charge in [-0.1, -0.05) is 18.2 Å². The van der Waals surface area contributed by atoms with Gasteiger partial charge in [-0.25, -0.2) is 4.39 Å². The monoisotopic (exact) mass is 484 g/mol. The van der Waals surface area contributed by atoms with Gasteiger partial charge in [0.05, 0.1) is 0 Å². The Balaban J connectivity index is 0.00000364. The Bertz CT molecular complexity index is 778. The maximum Gasteiger partial charge on any atom is 0.251 e. The third kappa shape index (κ3) is 7.16. The van der Waals surface area contributed by atoms with Gasteiger partial charge in [-0.2, -0.15) is 0 Å². The molecule has 0 aromatic heterocycles. The van der Waals surface area contributed by atoms with E-state index in [-0.39, 0.29) is 35.7 Å². The molecule has 0 aliphatic rings. The quantitative estimate of drug-likeness (QED) is 0.336. The molecule has 0 fully saturated rings. The van der Waals surface area contributed by atoms with E-state index in [1.165, 1.54) is 6.07 Å². The first-order chi connectivity index (χ1) is 12.5. The Hall–Kier alpha value is -2.16. The highest BCUT2D eigenvalue weighted by Crippen LogP contribution is 2.10. The lowest BCUT2D eigenvalue weighted by atomic mass is 10.1. The number of hydrogen-bond acceptors (Lipinski definition) is 2. The van der Waals surface area contributed by atoms with Crippen LogP contribution in [0, 0.1) is 12.7 Å². The maximum atomic E-state index is 13.1. The summed E-state index contributed by atoms with van der Waals surface area (Å²) in [7, 11) is 3.33. The molecule has 5 nitrogen and oxygen atoms in total. The summed E-state index contributed by atoms with van der Waals surface area (Å²) in [6.07, 6.45) is 0.785. The summed E-state index contributed by atoms with van der Waals surface area (Å²) in [5.74, 6) is 0.386. The van der Waals surface area contributed by atoms with Gasteiger partial charge < -0.3 is 16.0 Å². The number of amides is 1. The Labute approximate surface area is 176 Å². The van der Waals surface area contributed by atoms with Crippen LogP contribution in [0.15, 0.2) is 47.5 Å². The van der Waals surface area contributed by atoms with E-state index in [0.29, 0.717) is 24.6 Å². The SMILES string of the molecule is CN=C(NCCc1ccc(F)cc1C)NCc1ccc(C(=O)NC)cc1.I. The van der Waals surface area contributed by atoms with Crippen LogP contribution in [0.25, 0.3) is 0 Å². The Kier molecular flexibility index (Phi) is 9.77. The van der Waals surface area contributed by atoms with E-state index in [1.807, 2.05) is 25.1 Å². The number of carbonyl (C=O) groups excluding carboxylic acids is 1. The van der Waals surface area contributed by atoms with E-state index >= 15 is 0 Å². The van der Waals surface area contributed by atoms with Crippen LogP contribution in [-0.4, -0.2) is 32.5 Å². The Morgan fingerprint density at radius 1 is 1.11 bits per heavy atom. The second-order valence-corrected chi connectivity index (χ2v) is 5.95. The van der Waals surface area contributed by atoms with Crippen molar-refractivity contribution in [1.82, 2.24) is 16.0 Å². The zero-order chi connectivity index (χ0) is 18.9. The van der Waals surface area contributed by atoms with Crippen LogP contribution < -0.4 is 16.0 Å². The minimum absolute atomic E-state index is 0. The molecular weight excluding hydrogens is 458 g/mol. The summed E-state index contributed by atoms with van der Waals surface area (Å²) in [6, 6.07) is 12.3. The third-order valence-corrected chi connectivity index (χ3v) is 4.12. The summed E-state index contributed by atoms with van der Waals surface area (Å²) in [6.45, 7) is 3.21. The first-order valence-electron chi connectivity index (χ1n) is 8.54. The summed E-state index contributed by atoms with van der Waals surface area (Å²) >= 11 is 0. The van der Waals surface area contributed by atoms with E-state index in [1.54, 1.807) is 32.3 Å². The number of halogens is 2. The lowest BCUT2D eigenvalue weighted by Crippen LogP contribution is -2.37. The number of aliphatic imine (C=N–C) groups is 1. The molecule has 0 bridgehead atoms. The summed E-state index contributed by atoms with van der Waals surface area (Å²) in [4.78, 5) is 15.7. The number of nitrogens with zero attached hydrogens (tertiary/aromatic N) is 1. The molecule has 0 radical (unpaired) electrons. The van der Waals surface area contributed by atoms with E-state index in [0.717, 1.165) is 23.1 Å². The van der Waals surface area contributed by atoms with Gasteiger partial charge in [0.1, 0.15) is 5.82 Å². The van der Waals surface area contributed by atoms with Crippen molar-refractivity contribution < 1.29 is 9.18 Å². The lowest BCUT2D eigenvalue weighted by molar-refractivity contribution is 0.0963. The zero-order valence-corrected chi connectivity index (χ0v) is 18.1. The number of carbonyl (C=O) groups is 1. The van der Waals surface area contributed by atoms with E-state index in [2.05, 4.69) is 20.9 Å². The number of guanidine groups is 1. The van der Waals surface area contributed by atoms with Crippen molar-refractivity contribution in [3.63, 3.8) is 0 Å². The maximum absolute atomic E-state index is 13.1. The van der Waals surface area contributed by atoms with Crippen LogP contribution in [0.5, 0.6) is 0 Å². The predicted octanol–water partition coefficient (Wildman–Crippen LogP) is 3.02. The van der Waals surface area contributed by atoms with Gasteiger partial charge in [0, 0.05) is 32.7 Å². The second-order valence-electron chi connectivity index (χ2n) is 5.95. The number of hydrogen-bond donors (Lipinski definition) is 3. The molecule has 3 N–H and O–H groups in total. The fourth-order valence-electron chi connectivity index (χ4n) is 2.58. The minimum atomic E-state index is -0.209. The van der Waals surface area contributed by atoms with Crippen LogP contribution in [0.4, 0.5) is 4.39 Å². The molecule has 0 saturated heterocycles. The van der Waals surface area contributed by atoms with Crippen LogP contribution in [0.1, 0.15) is 27.0 Å². The summed E-state index contributed by atoms with van der Waals surface area (Å²) < 4.78 is 13.1. The molecule has 0 atom stereocenters. The van der Waals surface area contributed by atoms with Gasteiger partial charge in [-0.15, -0.1) is 24.0 Å². The molecule has 0 unspecified atom stereocenters. The molecule has 0 heterocycles. The molecule has 0 spiro atoms. The fourth-order valence-corrected chi connectivity index (χ4v) is 2.58. The fraction of sp³-hybridized carbons (Fsp3) is 0.300. The molecule has 2 aromatic rings. The average Bonchev–Trinajstić information content (AvgIpc) is 2.65.